The van der Waals surface area contributed by atoms with Crippen LogP contribution in [0.3, 0.4) is 0 Å². The van der Waals surface area contributed by atoms with Crippen LogP contribution >= 0.6 is 11.6 Å². The molecule has 0 N–H and O–H groups in total. The van der Waals surface area contributed by atoms with Crippen LogP contribution in [0.25, 0.3) is 0 Å². The van der Waals surface area contributed by atoms with E-state index in [0.29, 0.717) is 11.1 Å². The van der Waals surface area contributed by atoms with Gasteiger partial charge in [0, 0.05) is 5.56 Å². The molecule has 0 unspecified atom stereocenters. The zero-order valence-electron chi connectivity index (χ0n) is 6.50. The van der Waals surface area contributed by atoms with Crippen LogP contribution in [-0.4, -0.2) is 4.92 Å². The number of rotatable bonds is 1. The van der Waals surface area contributed by atoms with E-state index in [1.807, 2.05) is 0 Å². The molecule has 12 heavy (non-hydrogen) atoms. The van der Waals surface area contributed by atoms with Gasteiger partial charge in [0.25, 0.3) is 5.69 Å². The predicted molar refractivity (Wildman–Crippen MR) is 47.3 cm³/mol. The monoisotopic (exact) mass is 184 g/mol. The second-order valence-corrected chi connectivity index (χ2v) is 2.84. The summed E-state index contributed by atoms with van der Waals surface area (Å²) in [5, 5.41) is 10.6. The molecular weight excluding hydrogens is 178 g/mol. The molecule has 1 aromatic rings. The van der Waals surface area contributed by atoms with E-state index in [-0.39, 0.29) is 10.7 Å². The molecule has 1 rings (SSSR count). The third-order valence-electron chi connectivity index (χ3n) is 1.68. The summed E-state index contributed by atoms with van der Waals surface area (Å²) in [5.74, 6) is 0. The van der Waals surface area contributed by atoms with Crippen LogP contribution in [0.5, 0.6) is 0 Å². The number of nitro groups is 1. The molecule has 0 aliphatic rings. The Kier molecular flexibility index (Phi) is 2.33. The van der Waals surface area contributed by atoms with Gasteiger partial charge in [-0.1, -0.05) is 17.7 Å². The Morgan fingerprint density at radius 3 is 2.58 bits per heavy atom. The number of halogens is 1. The van der Waals surface area contributed by atoms with Gasteiger partial charge in [-0.25, -0.2) is 0 Å². The molecule has 1 radical (unpaired) electrons. The zero-order chi connectivity index (χ0) is 9.30. The fourth-order valence-corrected chi connectivity index (χ4v) is 1.21. The molecule has 0 saturated carbocycles. The second-order valence-electron chi connectivity index (χ2n) is 2.44. The Labute approximate surface area is 75.1 Å². The molecule has 0 amide bonds. The van der Waals surface area contributed by atoms with Crippen molar-refractivity contribution in [3.8, 4) is 0 Å². The lowest BCUT2D eigenvalue weighted by atomic mass is 10.1. The third kappa shape index (κ3) is 1.41. The van der Waals surface area contributed by atoms with Crippen molar-refractivity contribution < 1.29 is 4.92 Å². The maximum absolute atomic E-state index is 10.5. The molecule has 0 saturated heterocycles. The summed E-state index contributed by atoms with van der Waals surface area (Å²) in [6.07, 6.45) is 0. The van der Waals surface area contributed by atoms with Crippen molar-refractivity contribution in [3.63, 3.8) is 0 Å². The van der Waals surface area contributed by atoms with Crippen molar-refractivity contribution >= 4 is 17.3 Å². The zero-order valence-corrected chi connectivity index (χ0v) is 7.26. The van der Waals surface area contributed by atoms with Crippen molar-refractivity contribution in [3.05, 3.63) is 45.3 Å². The number of nitrogens with zero attached hydrogens (tertiary/aromatic N) is 1. The van der Waals surface area contributed by atoms with E-state index in [1.54, 1.807) is 13.0 Å². The fourth-order valence-electron chi connectivity index (χ4n) is 0.933. The number of benzene rings is 1. The van der Waals surface area contributed by atoms with Crippen molar-refractivity contribution in [1.29, 1.82) is 0 Å². The minimum atomic E-state index is -0.494. The minimum absolute atomic E-state index is 0.0517. The molecule has 0 aromatic heterocycles. The summed E-state index contributed by atoms with van der Waals surface area (Å²) in [5.41, 5.74) is 1.10. The number of nitro benzene ring substituents is 1. The highest BCUT2D eigenvalue weighted by molar-refractivity contribution is 6.32. The van der Waals surface area contributed by atoms with E-state index in [0.717, 1.165) is 0 Å². The summed E-state index contributed by atoms with van der Waals surface area (Å²) in [6.45, 7) is 5.27. The van der Waals surface area contributed by atoms with Crippen LogP contribution in [0, 0.1) is 24.0 Å². The van der Waals surface area contributed by atoms with Crippen LogP contribution in [0.1, 0.15) is 11.1 Å². The van der Waals surface area contributed by atoms with Gasteiger partial charge < -0.3 is 0 Å². The molecule has 3 nitrogen and oxygen atoms in total. The summed E-state index contributed by atoms with van der Waals surface area (Å²) in [4.78, 5) is 9.99. The molecular formula is C8H7ClNO2. The van der Waals surface area contributed by atoms with E-state index in [1.165, 1.54) is 6.07 Å². The minimum Gasteiger partial charge on any atom is -0.258 e. The summed E-state index contributed by atoms with van der Waals surface area (Å²) >= 11 is 5.63. The molecule has 0 bridgehead atoms. The van der Waals surface area contributed by atoms with Crippen molar-refractivity contribution in [1.82, 2.24) is 0 Å². The Morgan fingerprint density at radius 2 is 2.17 bits per heavy atom. The Bertz CT molecular complexity index is 336. The first-order valence-electron chi connectivity index (χ1n) is 3.29. The first-order valence-corrected chi connectivity index (χ1v) is 3.67. The lowest BCUT2D eigenvalue weighted by Gasteiger charge is -2.01. The highest BCUT2D eigenvalue weighted by atomic mass is 35.5. The van der Waals surface area contributed by atoms with Gasteiger partial charge in [-0.2, -0.15) is 0 Å². The molecule has 0 aliphatic heterocycles. The van der Waals surface area contributed by atoms with Gasteiger partial charge in [0.05, 0.1) is 4.92 Å². The van der Waals surface area contributed by atoms with E-state index < -0.39 is 4.92 Å². The van der Waals surface area contributed by atoms with Gasteiger partial charge in [-0.3, -0.25) is 10.1 Å². The predicted octanol–water partition coefficient (Wildman–Crippen LogP) is 2.74. The maximum atomic E-state index is 10.5. The van der Waals surface area contributed by atoms with Crippen molar-refractivity contribution in [2.24, 2.45) is 0 Å². The van der Waals surface area contributed by atoms with Gasteiger partial charge >= 0.3 is 0 Å². The van der Waals surface area contributed by atoms with Crippen LogP contribution in [0.15, 0.2) is 12.1 Å². The largest absolute Gasteiger partial charge is 0.291 e. The average Bonchev–Trinajstić information content (AvgIpc) is 1.97. The maximum Gasteiger partial charge on any atom is 0.291 e. The van der Waals surface area contributed by atoms with Gasteiger partial charge in [0.15, 0.2) is 0 Å². The van der Waals surface area contributed by atoms with Gasteiger partial charge in [-0.05, 0) is 25.5 Å². The number of hydrogen-bond donors (Lipinski definition) is 0. The Morgan fingerprint density at radius 1 is 1.58 bits per heavy atom. The van der Waals surface area contributed by atoms with Crippen LogP contribution in [0.4, 0.5) is 5.69 Å². The standard InChI is InChI=1S/C8H7ClNO2/c1-5-3-4-7(9)8(6(5)2)10(11)12/h3-4H,1H2,2H3. The summed E-state index contributed by atoms with van der Waals surface area (Å²) in [7, 11) is 0. The van der Waals surface area contributed by atoms with Crippen LogP contribution < -0.4 is 0 Å². The normalized spacial score (nSPS) is 9.92. The topological polar surface area (TPSA) is 43.1 Å². The smallest absolute Gasteiger partial charge is 0.258 e. The lowest BCUT2D eigenvalue weighted by Crippen LogP contribution is -1.94. The van der Waals surface area contributed by atoms with E-state index in [9.17, 15) is 10.1 Å². The van der Waals surface area contributed by atoms with E-state index in [4.69, 9.17) is 11.6 Å². The third-order valence-corrected chi connectivity index (χ3v) is 1.98. The SMILES string of the molecule is [CH2]c1ccc(Cl)c([N+](=O)[O-])c1C. The van der Waals surface area contributed by atoms with Crippen LogP contribution in [0.2, 0.25) is 5.02 Å². The van der Waals surface area contributed by atoms with Gasteiger partial charge in [-0.15, -0.1) is 0 Å². The van der Waals surface area contributed by atoms with E-state index in [2.05, 4.69) is 6.92 Å². The fraction of sp³-hybridized carbons (Fsp3) is 0.125. The summed E-state index contributed by atoms with van der Waals surface area (Å²) in [6, 6.07) is 3.14. The highest BCUT2D eigenvalue weighted by Crippen LogP contribution is 2.29. The molecule has 1 aromatic carbocycles. The molecule has 63 valence electrons. The first-order chi connectivity index (χ1) is 5.54. The molecule has 0 aliphatic carbocycles. The van der Waals surface area contributed by atoms with Crippen LogP contribution in [-0.2, 0) is 0 Å². The Hall–Kier alpha value is -1.09. The number of hydrogen-bond acceptors (Lipinski definition) is 2. The van der Waals surface area contributed by atoms with Crippen molar-refractivity contribution in [2.75, 3.05) is 0 Å². The summed E-state index contributed by atoms with van der Waals surface area (Å²) < 4.78 is 0. The lowest BCUT2D eigenvalue weighted by molar-refractivity contribution is -0.385. The molecule has 4 heteroatoms. The highest BCUT2D eigenvalue weighted by Gasteiger charge is 2.16. The second kappa shape index (κ2) is 3.11. The Balaban J connectivity index is 3.43. The van der Waals surface area contributed by atoms with Gasteiger partial charge in [0.1, 0.15) is 5.02 Å². The average molecular weight is 185 g/mol. The van der Waals surface area contributed by atoms with Gasteiger partial charge in [0.2, 0.25) is 0 Å². The molecule has 0 atom stereocenters. The molecule has 0 fully saturated rings. The quantitative estimate of drug-likeness (QED) is 0.498. The van der Waals surface area contributed by atoms with E-state index >= 15 is 0 Å². The van der Waals surface area contributed by atoms with Crippen molar-refractivity contribution in [2.45, 2.75) is 6.92 Å². The molecule has 0 heterocycles. The molecule has 0 spiro atoms. The first kappa shape index (κ1) is 9.00.